The van der Waals surface area contributed by atoms with Gasteiger partial charge in [0, 0.05) is 12.7 Å². The molecule has 0 fully saturated rings. The number of pyridine rings is 1. The highest BCUT2D eigenvalue weighted by Gasteiger charge is 2.16. The fraction of sp³-hybridized carbons (Fsp3) is 0.500. The first kappa shape index (κ1) is 16.1. The number of aromatic nitrogens is 3. The van der Waals surface area contributed by atoms with Crippen LogP contribution in [0.3, 0.4) is 0 Å². The van der Waals surface area contributed by atoms with Gasteiger partial charge in [-0.15, -0.1) is 0 Å². The molecule has 114 valence electrons. The molecule has 0 spiro atoms. The summed E-state index contributed by atoms with van der Waals surface area (Å²) in [6.07, 6.45) is 3.72. The minimum absolute atomic E-state index is 0.0139. The van der Waals surface area contributed by atoms with E-state index in [1.54, 1.807) is 12.3 Å². The van der Waals surface area contributed by atoms with Crippen molar-refractivity contribution in [2.24, 2.45) is 5.92 Å². The predicted octanol–water partition coefficient (Wildman–Crippen LogP) is 3.70. The van der Waals surface area contributed by atoms with E-state index in [2.05, 4.69) is 23.8 Å². The maximum Gasteiger partial charge on any atom is 0.313 e. The van der Waals surface area contributed by atoms with Crippen LogP contribution in [0.25, 0.3) is 11.2 Å². The molecular formula is C14H18ClN3O2S. The van der Waals surface area contributed by atoms with E-state index in [1.165, 1.54) is 11.8 Å². The molecule has 0 saturated heterocycles. The van der Waals surface area contributed by atoms with Gasteiger partial charge in [-0.3, -0.25) is 4.79 Å². The van der Waals surface area contributed by atoms with Crippen LogP contribution in [0.15, 0.2) is 17.4 Å². The molecule has 21 heavy (non-hydrogen) atoms. The van der Waals surface area contributed by atoms with Gasteiger partial charge in [-0.25, -0.2) is 9.97 Å². The van der Waals surface area contributed by atoms with Crippen LogP contribution in [0.2, 0.25) is 5.02 Å². The molecule has 1 N–H and O–H groups in total. The van der Waals surface area contributed by atoms with E-state index >= 15 is 0 Å². The van der Waals surface area contributed by atoms with Crippen LogP contribution in [-0.2, 0) is 11.3 Å². The lowest BCUT2D eigenvalue weighted by Gasteiger charge is -2.15. The Morgan fingerprint density at radius 1 is 1.48 bits per heavy atom. The number of imidazole rings is 1. The lowest BCUT2D eigenvalue weighted by molar-refractivity contribution is -0.133. The van der Waals surface area contributed by atoms with Gasteiger partial charge in [-0.05, 0) is 12.0 Å². The summed E-state index contributed by atoms with van der Waals surface area (Å²) in [4.78, 5) is 19.6. The largest absolute Gasteiger partial charge is 0.481 e. The maximum atomic E-state index is 10.8. The summed E-state index contributed by atoms with van der Waals surface area (Å²) in [5.41, 5.74) is 1.47. The van der Waals surface area contributed by atoms with E-state index in [4.69, 9.17) is 16.7 Å². The summed E-state index contributed by atoms with van der Waals surface area (Å²) < 4.78 is 2.01. The van der Waals surface area contributed by atoms with Crippen LogP contribution in [0.5, 0.6) is 0 Å². The molecule has 0 radical (unpaired) electrons. The van der Waals surface area contributed by atoms with Crippen LogP contribution < -0.4 is 0 Å². The quantitative estimate of drug-likeness (QED) is 0.785. The first-order chi connectivity index (χ1) is 10.0. The summed E-state index contributed by atoms with van der Waals surface area (Å²) in [6.45, 7) is 5.10. The third-order valence-electron chi connectivity index (χ3n) is 3.44. The molecule has 0 bridgehead atoms. The molecule has 2 rings (SSSR count). The van der Waals surface area contributed by atoms with Gasteiger partial charge in [-0.2, -0.15) is 0 Å². The summed E-state index contributed by atoms with van der Waals surface area (Å²) in [6, 6.07) is 1.76. The molecule has 5 nitrogen and oxygen atoms in total. The van der Waals surface area contributed by atoms with Crippen molar-refractivity contribution in [2.45, 2.75) is 38.4 Å². The molecular weight excluding hydrogens is 310 g/mol. The van der Waals surface area contributed by atoms with Crippen LogP contribution in [-0.4, -0.2) is 31.4 Å². The highest BCUT2D eigenvalue weighted by molar-refractivity contribution is 7.99. The molecule has 2 aromatic rings. The second-order valence-corrected chi connectivity index (χ2v) is 6.25. The molecule has 0 aliphatic heterocycles. The zero-order valence-corrected chi connectivity index (χ0v) is 13.6. The summed E-state index contributed by atoms with van der Waals surface area (Å²) in [5.74, 6) is -0.351. The molecule has 0 aromatic carbocycles. The van der Waals surface area contributed by atoms with Crippen LogP contribution in [0.1, 0.15) is 26.7 Å². The van der Waals surface area contributed by atoms with Gasteiger partial charge in [0.1, 0.15) is 5.52 Å². The summed E-state index contributed by atoms with van der Waals surface area (Å²) >= 11 is 7.17. The van der Waals surface area contributed by atoms with Gasteiger partial charge in [0.05, 0.1) is 10.8 Å². The maximum absolute atomic E-state index is 10.8. The summed E-state index contributed by atoms with van der Waals surface area (Å²) in [5, 5.41) is 10.1. The molecule has 2 aromatic heterocycles. The third-order valence-corrected chi connectivity index (χ3v) is 4.60. The Balaban J connectivity index is 2.41. The van der Waals surface area contributed by atoms with Gasteiger partial charge < -0.3 is 9.67 Å². The van der Waals surface area contributed by atoms with Gasteiger partial charge >= 0.3 is 5.97 Å². The first-order valence-corrected chi connectivity index (χ1v) is 8.27. The van der Waals surface area contributed by atoms with Gasteiger partial charge in [0.15, 0.2) is 10.8 Å². The number of halogens is 1. The van der Waals surface area contributed by atoms with Crippen molar-refractivity contribution >= 4 is 40.5 Å². The molecule has 0 unspecified atom stereocenters. The lowest BCUT2D eigenvalue weighted by Crippen LogP contribution is -2.11. The van der Waals surface area contributed by atoms with E-state index in [9.17, 15) is 4.79 Å². The van der Waals surface area contributed by atoms with Gasteiger partial charge in [0.25, 0.3) is 0 Å². The zero-order chi connectivity index (χ0) is 15.4. The second kappa shape index (κ2) is 7.13. The van der Waals surface area contributed by atoms with E-state index in [1.807, 2.05) is 4.57 Å². The number of hydrogen-bond donors (Lipinski definition) is 1. The third kappa shape index (κ3) is 3.89. The molecule has 0 atom stereocenters. The smallest absolute Gasteiger partial charge is 0.313 e. The van der Waals surface area contributed by atoms with E-state index in [-0.39, 0.29) is 5.75 Å². The molecule has 2 heterocycles. The fourth-order valence-corrected chi connectivity index (χ4v) is 3.06. The van der Waals surface area contributed by atoms with Crippen molar-refractivity contribution in [1.29, 1.82) is 0 Å². The number of aliphatic carboxylic acids is 1. The number of hydrogen-bond acceptors (Lipinski definition) is 4. The van der Waals surface area contributed by atoms with Crippen molar-refractivity contribution in [2.75, 3.05) is 5.75 Å². The predicted molar refractivity (Wildman–Crippen MR) is 85.0 cm³/mol. The van der Waals surface area contributed by atoms with Crippen molar-refractivity contribution in [1.82, 2.24) is 14.5 Å². The fourth-order valence-electron chi connectivity index (χ4n) is 2.17. The van der Waals surface area contributed by atoms with Crippen LogP contribution >= 0.6 is 23.4 Å². The Morgan fingerprint density at radius 2 is 2.19 bits per heavy atom. The minimum Gasteiger partial charge on any atom is -0.481 e. The Labute approximate surface area is 132 Å². The lowest BCUT2D eigenvalue weighted by atomic mass is 10.0. The number of nitrogens with zero attached hydrogens (tertiary/aromatic N) is 3. The van der Waals surface area contributed by atoms with Crippen molar-refractivity contribution in [3.63, 3.8) is 0 Å². The average molecular weight is 328 g/mol. The number of fused-ring (bicyclic) bond motifs is 1. The van der Waals surface area contributed by atoms with Crippen LogP contribution in [0.4, 0.5) is 0 Å². The van der Waals surface area contributed by atoms with E-state index in [0.29, 0.717) is 21.6 Å². The number of rotatable bonds is 7. The minimum atomic E-state index is -0.855. The van der Waals surface area contributed by atoms with Crippen molar-refractivity contribution in [3.8, 4) is 0 Å². The Hall–Kier alpha value is -1.27. The zero-order valence-electron chi connectivity index (χ0n) is 12.0. The van der Waals surface area contributed by atoms with Crippen LogP contribution in [0, 0.1) is 5.92 Å². The molecule has 0 saturated carbocycles. The molecule has 0 aliphatic carbocycles. The van der Waals surface area contributed by atoms with E-state index < -0.39 is 5.97 Å². The van der Waals surface area contributed by atoms with Gasteiger partial charge in [0.2, 0.25) is 0 Å². The normalized spacial score (nSPS) is 11.4. The molecule has 0 amide bonds. The molecule has 0 aliphatic rings. The van der Waals surface area contributed by atoms with Crippen molar-refractivity contribution in [3.05, 3.63) is 17.3 Å². The second-order valence-electron chi connectivity index (χ2n) is 4.87. The topological polar surface area (TPSA) is 68.0 Å². The number of carbonyl (C=O) groups is 1. The first-order valence-electron chi connectivity index (χ1n) is 6.91. The SMILES string of the molecule is CCC(CC)Cn1c(SCC(=O)O)nc2cc(Cl)cnc21. The van der Waals surface area contributed by atoms with Crippen molar-refractivity contribution < 1.29 is 9.90 Å². The highest BCUT2D eigenvalue weighted by atomic mass is 35.5. The Kier molecular flexibility index (Phi) is 5.47. The Bertz CT molecular complexity index is 640. The highest BCUT2D eigenvalue weighted by Crippen LogP contribution is 2.26. The summed E-state index contributed by atoms with van der Waals surface area (Å²) in [7, 11) is 0. The number of thioether (sulfide) groups is 1. The number of carboxylic acids is 1. The standard InChI is InChI=1S/C14H18ClN3O2S/c1-3-9(4-2)7-18-13-11(5-10(15)6-16-13)17-14(18)21-8-12(19)20/h5-6,9H,3-4,7-8H2,1-2H3,(H,19,20). The Morgan fingerprint density at radius 3 is 2.81 bits per heavy atom. The van der Waals surface area contributed by atoms with Gasteiger partial charge in [-0.1, -0.05) is 50.1 Å². The monoisotopic (exact) mass is 327 g/mol. The van der Waals surface area contributed by atoms with E-state index in [0.717, 1.165) is 25.0 Å². The molecule has 7 heteroatoms. The average Bonchev–Trinajstić information content (AvgIpc) is 2.79. The number of carboxylic acid groups (broad SMARTS) is 1.